The molecule has 1 aliphatic rings. The van der Waals surface area contributed by atoms with Crippen molar-refractivity contribution in [3.8, 4) is 0 Å². The summed E-state index contributed by atoms with van der Waals surface area (Å²) in [4.78, 5) is 21.0. The highest BCUT2D eigenvalue weighted by atomic mass is 16.1. The molecule has 5 nitrogen and oxygen atoms in total. The van der Waals surface area contributed by atoms with Crippen molar-refractivity contribution in [1.82, 2.24) is 10.3 Å². The molecule has 2 aromatic rings. The lowest BCUT2D eigenvalue weighted by Crippen LogP contribution is -2.46. The Morgan fingerprint density at radius 3 is 1.84 bits per heavy atom. The van der Waals surface area contributed by atoms with Gasteiger partial charge >= 0.3 is 0 Å². The third-order valence-electron chi connectivity index (χ3n) is 4.29. The Kier molecular flexibility index (Phi) is 4.93. The van der Waals surface area contributed by atoms with Crippen LogP contribution in [0.5, 0.6) is 0 Å². The maximum atomic E-state index is 12.2. The molecule has 1 N–H and O–H groups in total. The van der Waals surface area contributed by atoms with Crippen molar-refractivity contribution in [2.24, 2.45) is 0 Å². The fraction of sp³-hybridized carbons (Fsp3) is 0.400. The smallest absolute Gasteiger partial charge is 0.251 e. The first-order valence-corrected chi connectivity index (χ1v) is 8.75. The zero-order valence-electron chi connectivity index (χ0n) is 15.2. The molecule has 2 heterocycles. The SMILES string of the molecule is CC(C)(C)NC(=O)c1ccc(N2CCN(c3ccncc3)CC2)cc1. The summed E-state index contributed by atoms with van der Waals surface area (Å²) in [6.07, 6.45) is 3.67. The Labute approximate surface area is 149 Å². The highest BCUT2D eigenvalue weighted by Crippen LogP contribution is 2.20. The first kappa shape index (κ1) is 17.3. The summed E-state index contributed by atoms with van der Waals surface area (Å²) >= 11 is 0. The molecular formula is C20H26N4O. The van der Waals surface area contributed by atoms with Crippen LogP contribution < -0.4 is 15.1 Å². The first-order chi connectivity index (χ1) is 11.9. The summed E-state index contributed by atoms with van der Waals surface area (Å²) in [5.74, 6) is -0.0263. The maximum absolute atomic E-state index is 12.2. The van der Waals surface area contributed by atoms with E-state index in [-0.39, 0.29) is 11.4 Å². The van der Waals surface area contributed by atoms with E-state index in [1.165, 1.54) is 11.4 Å². The van der Waals surface area contributed by atoms with Gasteiger partial charge in [-0.1, -0.05) is 0 Å². The molecule has 1 aromatic heterocycles. The molecule has 1 amide bonds. The standard InChI is InChI=1S/C20H26N4O/c1-20(2,3)22-19(25)16-4-6-17(7-5-16)23-12-14-24(15-13-23)18-8-10-21-11-9-18/h4-11H,12-15H2,1-3H3,(H,22,25). The summed E-state index contributed by atoms with van der Waals surface area (Å²) in [6.45, 7) is 9.86. The quantitative estimate of drug-likeness (QED) is 0.935. The minimum absolute atomic E-state index is 0.0263. The average molecular weight is 338 g/mol. The summed E-state index contributed by atoms with van der Waals surface area (Å²) in [5, 5.41) is 2.99. The van der Waals surface area contributed by atoms with Gasteiger partial charge in [0.1, 0.15) is 0 Å². The molecular weight excluding hydrogens is 312 g/mol. The summed E-state index contributed by atoms with van der Waals surface area (Å²) in [5.41, 5.74) is 2.87. The van der Waals surface area contributed by atoms with E-state index in [4.69, 9.17) is 0 Å². The van der Waals surface area contributed by atoms with Crippen LogP contribution in [0.1, 0.15) is 31.1 Å². The zero-order valence-corrected chi connectivity index (χ0v) is 15.2. The molecule has 0 atom stereocenters. The molecule has 0 unspecified atom stereocenters. The number of amides is 1. The summed E-state index contributed by atoms with van der Waals surface area (Å²) in [6, 6.07) is 12.0. The number of carbonyl (C=O) groups is 1. The van der Waals surface area contributed by atoms with Crippen molar-refractivity contribution in [1.29, 1.82) is 0 Å². The highest BCUT2D eigenvalue weighted by Gasteiger charge is 2.19. The predicted molar refractivity (Wildman–Crippen MR) is 102 cm³/mol. The number of hydrogen-bond donors (Lipinski definition) is 1. The van der Waals surface area contributed by atoms with Gasteiger partial charge in [-0.25, -0.2) is 0 Å². The number of pyridine rings is 1. The molecule has 0 aliphatic carbocycles. The van der Waals surface area contributed by atoms with Gasteiger partial charge in [0.15, 0.2) is 0 Å². The van der Waals surface area contributed by atoms with Crippen LogP contribution in [-0.2, 0) is 0 Å². The highest BCUT2D eigenvalue weighted by molar-refractivity contribution is 5.95. The molecule has 25 heavy (non-hydrogen) atoms. The van der Waals surface area contributed by atoms with E-state index in [0.29, 0.717) is 5.56 Å². The van der Waals surface area contributed by atoms with Gasteiger partial charge in [-0.2, -0.15) is 0 Å². The average Bonchev–Trinajstić information content (AvgIpc) is 2.61. The van der Waals surface area contributed by atoms with Gasteiger partial charge in [-0.05, 0) is 57.2 Å². The fourth-order valence-corrected chi connectivity index (χ4v) is 3.01. The molecule has 0 saturated carbocycles. The van der Waals surface area contributed by atoms with Crippen LogP contribution in [0.2, 0.25) is 0 Å². The molecule has 1 fully saturated rings. The number of aromatic nitrogens is 1. The lowest BCUT2D eigenvalue weighted by molar-refractivity contribution is 0.0919. The van der Waals surface area contributed by atoms with E-state index in [1.807, 2.05) is 57.4 Å². The van der Waals surface area contributed by atoms with Crippen LogP contribution in [0.4, 0.5) is 11.4 Å². The van der Waals surface area contributed by atoms with Crippen LogP contribution in [0, 0.1) is 0 Å². The van der Waals surface area contributed by atoms with Crippen LogP contribution in [0.25, 0.3) is 0 Å². The lowest BCUT2D eigenvalue weighted by atomic mass is 10.1. The molecule has 0 bridgehead atoms. The zero-order chi connectivity index (χ0) is 17.9. The predicted octanol–water partition coefficient (Wildman–Crippen LogP) is 2.94. The second-order valence-electron chi connectivity index (χ2n) is 7.43. The van der Waals surface area contributed by atoms with E-state index in [1.54, 1.807) is 0 Å². The van der Waals surface area contributed by atoms with Crippen molar-refractivity contribution in [3.63, 3.8) is 0 Å². The van der Waals surface area contributed by atoms with Gasteiger partial charge in [0.05, 0.1) is 0 Å². The van der Waals surface area contributed by atoms with Gasteiger partial charge in [0, 0.05) is 61.0 Å². The van der Waals surface area contributed by atoms with Gasteiger partial charge < -0.3 is 15.1 Å². The molecule has 0 radical (unpaired) electrons. The Bertz CT molecular complexity index is 699. The van der Waals surface area contributed by atoms with Crippen molar-refractivity contribution < 1.29 is 4.79 Å². The first-order valence-electron chi connectivity index (χ1n) is 8.75. The number of carbonyl (C=O) groups excluding carboxylic acids is 1. The van der Waals surface area contributed by atoms with E-state index in [2.05, 4.69) is 32.2 Å². The molecule has 0 spiro atoms. The number of nitrogens with zero attached hydrogens (tertiary/aromatic N) is 3. The molecule has 132 valence electrons. The minimum Gasteiger partial charge on any atom is -0.368 e. The molecule has 1 aliphatic heterocycles. The van der Waals surface area contributed by atoms with E-state index < -0.39 is 0 Å². The summed E-state index contributed by atoms with van der Waals surface area (Å²) in [7, 11) is 0. The third kappa shape index (κ3) is 4.50. The second kappa shape index (κ2) is 7.13. The topological polar surface area (TPSA) is 48.5 Å². The second-order valence-corrected chi connectivity index (χ2v) is 7.43. The fourth-order valence-electron chi connectivity index (χ4n) is 3.01. The van der Waals surface area contributed by atoms with Crippen LogP contribution in [0.3, 0.4) is 0 Å². The van der Waals surface area contributed by atoms with Crippen molar-refractivity contribution in [3.05, 3.63) is 54.4 Å². The van der Waals surface area contributed by atoms with Gasteiger partial charge in [0.25, 0.3) is 5.91 Å². The third-order valence-corrected chi connectivity index (χ3v) is 4.29. The van der Waals surface area contributed by atoms with Crippen molar-refractivity contribution in [2.75, 3.05) is 36.0 Å². The summed E-state index contributed by atoms with van der Waals surface area (Å²) < 4.78 is 0. The molecule has 3 rings (SSSR count). The molecule has 1 aromatic carbocycles. The largest absolute Gasteiger partial charge is 0.368 e. The van der Waals surface area contributed by atoms with Gasteiger partial charge in [-0.3, -0.25) is 9.78 Å². The monoisotopic (exact) mass is 338 g/mol. The van der Waals surface area contributed by atoms with Gasteiger partial charge in [0.2, 0.25) is 0 Å². The van der Waals surface area contributed by atoms with Gasteiger partial charge in [-0.15, -0.1) is 0 Å². The molecule has 1 saturated heterocycles. The number of hydrogen-bond acceptors (Lipinski definition) is 4. The van der Waals surface area contributed by atoms with E-state index in [0.717, 1.165) is 26.2 Å². The Morgan fingerprint density at radius 1 is 0.880 bits per heavy atom. The number of piperazine rings is 1. The minimum atomic E-state index is -0.223. The number of rotatable bonds is 3. The van der Waals surface area contributed by atoms with E-state index in [9.17, 15) is 4.79 Å². The number of nitrogens with one attached hydrogen (secondary N) is 1. The molecule has 5 heteroatoms. The number of anilines is 2. The van der Waals surface area contributed by atoms with E-state index >= 15 is 0 Å². The maximum Gasteiger partial charge on any atom is 0.251 e. The lowest BCUT2D eigenvalue weighted by Gasteiger charge is -2.37. The Morgan fingerprint density at radius 2 is 1.36 bits per heavy atom. The van der Waals surface area contributed by atoms with Crippen molar-refractivity contribution in [2.45, 2.75) is 26.3 Å². The van der Waals surface area contributed by atoms with Crippen LogP contribution >= 0.6 is 0 Å². The van der Waals surface area contributed by atoms with Crippen LogP contribution in [0.15, 0.2) is 48.8 Å². The van der Waals surface area contributed by atoms with Crippen LogP contribution in [-0.4, -0.2) is 42.6 Å². The Balaban J connectivity index is 1.60. The normalized spacial score (nSPS) is 15.2. The van der Waals surface area contributed by atoms with Crippen molar-refractivity contribution >= 4 is 17.3 Å². The Hall–Kier alpha value is -2.56. The number of benzene rings is 1.